The number of aromatic hydroxyl groups is 1. The highest BCUT2D eigenvalue weighted by Crippen LogP contribution is 2.48. The molecule has 0 atom stereocenters. The number of ether oxygens (including phenoxy) is 3. The summed E-state index contributed by atoms with van der Waals surface area (Å²) >= 11 is 0. The van der Waals surface area contributed by atoms with E-state index in [1.54, 1.807) is 21.3 Å². The maximum Gasteiger partial charge on any atom is 0.168 e. The normalized spacial score (nSPS) is 13.5. The zero-order chi connectivity index (χ0) is 21.8. The third-order valence-electron chi connectivity index (χ3n) is 6.00. The fraction of sp³-hybridized carbons (Fsp3) is 0.308. The first-order valence-corrected chi connectivity index (χ1v) is 10.6. The van der Waals surface area contributed by atoms with Crippen molar-refractivity contribution in [3.8, 4) is 34.1 Å². The minimum absolute atomic E-state index is 0.137. The summed E-state index contributed by atoms with van der Waals surface area (Å²) in [5.74, 6) is 1.86. The van der Waals surface area contributed by atoms with Crippen molar-refractivity contribution < 1.29 is 19.3 Å². The Morgan fingerprint density at radius 3 is 2.39 bits per heavy atom. The molecule has 5 heteroatoms. The van der Waals surface area contributed by atoms with E-state index in [0.29, 0.717) is 17.2 Å². The van der Waals surface area contributed by atoms with Gasteiger partial charge in [-0.3, -0.25) is 4.90 Å². The van der Waals surface area contributed by atoms with Crippen molar-refractivity contribution in [1.29, 1.82) is 0 Å². The molecule has 1 aliphatic heterocycles. The molecular formula is C26H29NO4. The Morgan fingerprint density at radius 2 is 1.68 bits per heavy atom. The number of rotatable bonds is 7. The van der Waals surface area contributed by atoms with E-state index in [-0.39, 0.29) is 5.75 Å². The van der Waals surface area contributed by atoms with Crippen LogP contribution in [0.3, 0.4) is 0 Å². The van der Waals surface area contributed by atoms with Crippen molar-refractivity contribution >= 4 is 0 Å². The summed E-state index contributed by atoms with van der Waals surface area (Å²) in [5, 5.41) is 11.1. The fourth-order valence-corrected chi connectivity index (χ4v) is 4.38. The molecule has 31 heavy (non-hydrogen) atoms. The van der Waals surface area contributed by atoms with Gasteiger partial charge in [-0.05, 0) is 41.7 Å². The van der Waals surface area contributed by atoms with Gasteiger partial charge in [0.2, 0.25) is 0 Å². The van der Waals surface area contributed by atoms with Crippen molar-refractivity contribution in [1.82, 2.24) is 4.90 Å². The smallest absolute Gasteiger partial charge is 0.168 e. The molecule has 4 rings (SSSR count). The molecule has 3 aromatic carbocycles. The van der Waals surface area contributed by atoms with Crippen molar-refractivity contribution in [2.45, 2.75) is 19.4 Å². The van der Waals surface area contributed by atoms with Gasteiger partial charge < -0.3 is 19.3 Å². The number of nitrogens with zero attached hydrogens (tertiary/aromatic N) is 1. The second kappa shape index (κ2) is 9.31. The van der Waals surface area contributed by atoms with Gasteiger partial charge in [-0.1, -0.05) is 42.5 Å². The predicted molar refractivity (Wildman–Crippen MR) is 122 cm³/mol. The van der Waals surface area contributed by atoms with E-state index in [4.69, 9.17) is 14.2 Å². The van der Waals surface area contributed by atoms with Gasteiger partial charge in [-0.15, -0.1) is 0 Å². The SMILES string of the molecule is COc1cc2c(c(-c3cccc(OC)c3OC)c1O)CN(CCc1ccccc1)CC2. The van der Waals surface area contributed by atoms with Crippen LogP contribution in [0.4, 0.5) is 0 Å². The lowest BCUT2D eigenvalue weighted by atomic mass is 9.89. The molecule has 0 bridgehead atoms. The van der Waals surface area contributed by atoms with Crippen LogP contribution in [0.1, 0.15) is 16.7 Å². The number of phenols is 1. The van der Waals surface area contributed by atoms with Gasteiger partial charge in [0.05, 0.1) is 21.3 Å². The number of para-hydroxylation sites is 1. The molecule has 0 aromatic heterocycles. The molecule has 0 fully saturated rings. The molecule has 0 saturated heterocycles. The predicted octanol–water partition coefficient (Wildman–Crippen LogP) is 4.69. The number of methoxy groups -OCH3 is 3. The van der Waals surface area contributed by atoms with Crippen molar-refractivity contribution in [3.05, 3.63) is 71.3 Å². The zero-order valence-corrected chi connectivity index (χ0v) is 18.4. The summed E-state index contributed by atoms with van der Waals surface area (Å²) in [6.45, 7) is 2.70. The fourth-order valence-electron chi connectivity index (χ4n) is 4.38. The molecule has 0 radical (unpaired) electrons. The first-order valence-electron chi connectivity index (χ1n) is 10.6. The molecule has 1 heterocycles. The van der Waals surface area contributed by atoms with Crippen LogP contribution >= 0.6 is 0 Å². The molecule has 162 valence electrons. The largest absolute Gasteiger partial charge is 0.504 e. The third kappa shape index (κ3) is 4.19. The molecule has 3 aromatic rings. The third-order valence-corrected chi connectivity index (χ3v) is 6.00. The summed E-state index contributed by atoms with van der Waals surface area (Å²) in [7, 11) is 4.83. The van der Waals surface area contributed by atoms with Gasteiger partial charge >= 0.3 is 0 Å². The van der Waals surface area contributed by atoms with Gasteiger partial charge in [0.15, 0.2) is 23.0 Å². The molecular weight excluding hydrogens is 390 g/mol. The summed E-state index contributed by atoms with van der Waals surface area (Å²) in [5.41, 5.74) is 5.21. The maximum absolute atomic E-state index is 11.1. The molecule has 1 aliphatic rings. The number of hydrogen-bond acceptors (Lipinski definition) is 5. The van der Waals surface area contributed by atoms with E-state index in [9.17, 15) is 5.11 Å². The molecule has 1 N–H and O–H groups in total. The molecule has 0 aliphatic carbocycles. The minimum atomic E-state index is 0.137. The summed E-state index contributed by atoms with van der Waals surface area (Å²) in [6, 6.07) is 18.2. The number of fused-ring (bicyclic) bond motifs is 1. The Hall–Kier alpha value is -3.18. The lowest BCUT2D eigenvalue weighted by Crippen LogP contribution is -2.32. The molecule has 0 amide bonds. The maximum atomic E-state index is 11.1. The number of hydrogen-bond donors (Lipinski definition) is 1. The average molecular weight is 420 g/mol. The Bertz CT molecular complexity index is 1050. The highest BCUT2D eigenvalue weighted by molar-refractivity contribution is 5.84. The van der Waals surface area contributed by atoms with Gasteiger partial charge in [-0.2, -0.15) is 0 Å². The van der Waals surface area contributed by atoms with E-state index in [1.165, 1.54) is 11.1 Å². The highest BCUT2D eigenvalue weighted by atomic mass is 16.5. The van der Waals surface area contributed by atoms with Crippen LogP contribution in [0.15, 0.2) is 54.6 Å². The summed E-state index contributed by atoms with van der Waals surface area (Å²) in [4.78, 5) is 2.44. The monoisotopic (exact) mass is 419 g/mol. The van der Waals surface area contributed by atoms with E-state index >= 15 is 0 Å². The Labute approximate surface area is 183 Å². The van der Waals surface area contributed by atoms with Gasteiger partial charge in [0, 0.05) is 30.8 Å². The minimum Gasteiger partial charge on any atom is -0.504 e. The van der Waals surface area contributed by atoms with Gasteiger partial charge in [0.1, 0.15) is 0 Å². The van der Waals surface area contributed by atoms with E-state index in [0.717, 1.165) is 49.2 Å². The van der Waals surface area contributed by atoms with Crippen molar-refractivity contribution in [2.75, 3.05) is 34.4 Å². The first-order chi connectivity index (χ1) is 15.2. The van der Waals surface area contributed by atoms with Gasteiger partial charge in [-0.25, -0.2) is 0 Å². The first kappa shape index (κ1) is 21.1. The lowest BCUT2D eigenvalue weighted by molar-refractivity contribution is 0.256. The molecule has 5 nitrogen and oxygen atoms in total. The van der Waals surface area contributed by atoms with Crippen LogP contribution in [-0.2, 0) is 19.4 Å². The van der Waals surface area contributed by atoms with E-state index in [1.807, 2.05) is 30.3 Å². The van der Waals surface area contributed by atoms with Crippen LogP contribution in [0.2, 0.25) is 0 Å². The van der Waals surface area contributed by atoms with Crippen LogP contribution in [0.25, 0.3) is 11.1 Å². The topological polar surface area (TPSA) is 51.2 Å². The Morgan fingerprint density at radius 1 is 0.903 bits per heavy atom. The average Bonchev–Trinajstić information content (AvgIpc) is 2.82. The van der Waals surface area contributed by atoms with Crippen LogP contribution in [-0.4, -0.2) is 44.4 Å². The van der Waals surface area contributed by atoms with Gasteiger partial charge in [0.25, 0.3) is 0 Å². The van der Waals surface area contributed by atoms with Crippen molar-refractivity contribution in [2.24, 2.45) is 0 Å². The zero-order valence-electron chi connectivity index (χ0n) is 18.4. The Kier molecular flexibility index (Phi) is 6.33. The summed E-state index contributed by atoms with van der Waals surface area (Å²) < 4.78 is 16.7. The van der Waals surface area contributed by atoms with E-state index in [2.05, 4.69) is 29.2 Å². The standard InChI is InChI=1S/C26H29NO4/c1-29-22-11-7-10-20(26(22)31-3)24-21-17-27(14-12-18-8-5-4-6-9-18)15-13-19(21)16-23(30-2)25(24)28/h4-11,16,28H,12-15,17H2,1-3H3. The van der Waals surface area contributed by atoms with Crippen LogP contribution in [0, 0.1) is 0 Å². The van der Waals surface area contributed by atoms with Crippen LogP contribution < -0.4 is 14.2 Å². The highest BCUT2D eigenvalue weighted by Gasteiger charge is 2.27. The Balaban J connectivity index is 1.74. The quantitative estimate of drug-likeness (QED) is 0.602. The lowest BCUT2D eigenvalue weighted by Gasteiger charge is -2.31. The molecule has 0 spiro atoms. The number of phenolic OH excluding ortho intramolecular Hbond substituents is 1. The molecule has 0 saturated carbocycles. The molecule has 0 unspecified atom stereocenters. The summed E-state index contributed by atoms with van der Waals surface area (Å²) in [6.07, 6.45) is 1.90. The number of benzene rings is 3. The van der Waals surface area contributed by atoms with Crippen LogP contribution in [0.5, 0.6) is 23.0 Å². The van der Waals surface area contributed by atoms with E-state index < -0.39 is 0 Å². The second-order valence-corrected chi connectivity index (χ2v) is 7.74. The van der Waals surface area contributed by atoms with Crippen molar-refractivity contribution in [3.63, 3.8) is 0 Å². The second-order valence-electron chi connectivity index (χ2n) is 7.74.